The van der Waals surface area contributed by atoms with Gasteiger partial charge in [-0.25, -0.2) is 4.79 Å². The minimum absolute atomic E-state index is 0.0650. The Morgan fingerprint density at radius 1 is 1.18 bits per heavy atom. The van der Waals surface area contributed by atoms with Gasteiger partial charge < -0.3 is 9.15 Å². The van der Waals surface area contributed by atoms with Gasteiger partial charge in [0, 0.05) is 0 Å². The fraction of sp³-hybridized carbons (Fsp3) is 0.167. The van der Waals surface area contributed by atoms with Gasteiger partial charge in [0.1, 0.15) is 5.76 Å². The SMILES string of the molecule is COC(=O)c1ccc(CN2C(=O)SC(=Cc3ccc(C(F)(F)F)cc3)C2=O)o1. The molecule has 0 radical (unpaired) electrons. The summed E-state index contributed by atoms with van der Waals surface area (Å²) in [6.07, 6.45) is -3.12. The van der Waals surface area contributed by atoms with Crippen LogP contribution in [-0.4, -0.2) is 29.1 Å². The molecule has 0 unspecified atom stereocenters. The summed E-state index contributed by atoms with van der Waals surface area (Å²) in [4.78, 5) is 36.9. The number of imide groups is 1. The van der Waals surface area contributed by atoms with Crippen molar-refractivity contribution in [2.75, 3.05) is 7.11 Å². The van der Waals surface area contributed by atoms with E-state index in [0.717, 1.165) is 17.0 Å². The molecule has 2 heterocycles. The lowest BCUT2D eigenvalue weighted by molar-refractivity contribution is -0.137. The predicted molar refractivity (Wildman–Crippen MR) is 93.0 cm³/mol. The number of furan rings is 1. The van der Waals surface area contributed by atoms with E-state index in [0.29, 0.717) is 17.3 Å². The molecule has 10 heteroatoms. The van der Waals surface area contributed by atoms with Crippen LogP contribution < -0.4 is 0 Å². The number of benzene rings is 1. The van der Waals surface area contributed by atoms with Crippen molar-refractivity contribution < 1.29 is 36.7 Å². The third-order valence-electron chi connectivity index (χ3n) is 3.77. The molecule has 0 saturated carbocycles. The first-order valence-corrected chi connectivity index (χ1v) is 8.60. The minimum atomic E-state index is -4.46. The van der Waals surface area contributed by atoms with Crippen molar-refractivity contribution in [3.05, 3.63) is 64.0 Å². The fourth-order valence-electron chi connectivity index (χ4n) is 2.39. The molecule has 1 aromatic carbocycles. The molecule has 2 aromatic rings. The van der Waals surface area contributed by atoms with Gasteiger partial charge >= 0.3 is 12.1 Å². The molecule has 1 saturated heterocycles. The average Bonchev–Trinajstić information content (AvgIpc) is 3.21. The Balaban J connectivity index is 1.75. The summed E-state index contributed by atoms with van der Waals surface area (Å²) in [6, 6.07) is 7.02. The van der Waals surface area contributed by atoms with Gasteiger partial charge in [-0.05, 0) is 47.7 Å². The summed E-state index contributed by atoms with van der Waals surface area (Å²) >= 11 is 0.666. The Bertz CT molecular complexity index is 962. The molecule has 28 heavy (non-hydrogen) atoms. The number of carbonyl (C=O) groups excluding carboxylic acids is 3. The second-order valence-corrected chi connectivity index (χ2v) is 6.64. The molecule has 0 bridgehead atoms. The van der Waals surface area contributed by atoms with Crippen molar-refractivity contribution >= 4 is 35.0 Å². The van der Waals surface area contributed by atoms with E-state index < -0.39 is 28.9 Å². The molecule has 0 N–H and O–H groups in total. The summed E-state index contributed by atoms with van der Waals surface area (Å²) in [5.74, 6) is -1.16. The fourth-order valence-corrected chi connectivity index (χ4v) is 3.22. The van der Waals surface area contributed by atoms with Crippen molar-refractivity contribution in [3.63, 3.8) is 0 Å². The first-order chi connectivity index (χ1) is 13.2. The highest BCUT2D eigenvalue weighted by molar-refractivity contribution is 8.18. The first-order valence-electron chi connectivity index (χ1n) is 7.78. The number of hydrogen-bond acceptors (Lipinski definition) is 6. The highest BCUT2D eigenvalue weighted by atomic mass is 32.2. The number of halogens is 3. The zero-order valence-electron chi connectivity index (χ0n) is 14.3. The Morgan fingerprint density at radius 2 is 1.86 bits per heavy atom. The first kappa shape index (κ1) is 19.7. The van der Waals surface area contributed by atoms with Gasteiger partial charge in [-0.3, -0.25) is 14.5 Å². The van der Waals surface area contributed by atoms with Gasteiger partial charge in [-0.2, -0.15) is 13.2 Å². The van der Waals surface area contributed by atoms with Crippen LogP contribution in [0.2, 0.25) is 0 Å². The largest absolute Gasteiger partial charge is 0.463 e. The van der Waals surface area contributed by atoms with Gasteiger partial charge in [0.15, 0.2) is 0 Å². The Labute approximate surface area is 160 Å². The van der Waals surface area contributed by atoms with Crippen LogP contribution in [0.5, 0.6) is 0 Å². The molecule has 146 valence electrons. The van der Waals surface area contributed by atoms with E-state index in [1.807, 2.05) is 0 Å². The number of nitrogens with zero attached hydrogens (tertiary/aromatic N) is 1. The van der Waals surface area contributed by atoms with Crippen LogP contribution in [-0.2, 0) is 22.3 Å². The highest BCUT2D eigenvalue weighted by Crippen LogP contribution is 2.34. The minimum Gasteiger partial charge on any atom is -0.463 e. The molecular formula is C18H12F3NO5S. The second kappa shape index (κ2) is 7.55. The van der Waals surface area contributed by atoms with E-state index in [2.05, 4.69) is 4.74 Å². The van der Waals surface area contributed by atoms with Gasteiger partial charge in [0.25, 0.3) is 11.1 Å². The zero-order chi connectivity index (χ0) is 20.5. The molecule has 0 atom stereocenters. The Kier molecular flexibility index (Phi) is 5.32. The maximum Gasteiger partial charge on any atom is 0.416 e. The van der Waals surface area contributed by atoms with Crippen molar-refractivity contribution in [2.24, 2.45) is 0 Å². The van der Waals surface area contributed by atoms with E-state index in [-0.39, 0.29) is 23.0 Å². The van der Waals surface area contributed by atoms with Crippen molar-refractivity contribution in [2.45, 2.75) is 12.7 Å². The monoisotopic (exact) mass is 411 g/mol. The average molecular weight is 411 g/mol. The number of esters is 1. The summed E-state index contributed by atoms with van der Waals surface area (Å²) in [5.41, 5.74) is -0.457. The van der Waals surface area contributed by atoms with Crippen molar-refractivity contribution in [1.29, 1.82) is 0 Å². The summed E-state index contributed by atoms with van der Waals surface area (Å²) in [6.45, 7) is -0.188. The van der Waals surface area contributed by atoms with E-state index >= 15 is 0 Å². The number of amides is 2. The van der Waals surface area contributed by atoms with Gasteiger partial charge in [-0.1, -0.05) is 12.1 Å². The lowest BCUT2D eigenvalue weighted by Crippen LogP contribution is -2.27. The lowest BCUT2D eigenvalue weighted by Gasteiger charge is -2.10. The highest BCUT2D eigenvalue weighted by Gasteiger charge is 2.36. The topological polar surface area (TPSA) is 76.8 Å². The van der Waals surface area contributed by atoms with Gasteiger partial charge in [-0.15, -0.1) is 0 Å². The molecule has 1 aliphatic rings. The molecule has 1 aromatic heterocycles. The smallest absolute Gasteiger partial charge is 0.416 e. The lowest BCUT2D eigenvalue weighted by atomic mass is 10.1. The molecule has 2 amide bonds. The van der Waals surface area contributed by atoms with Crippen LogP contribution in [0, 0.1) is 0 Å². The third kappa shape index (κ3) is 4.11. The molecule has 0 aliphatic carbocycles. The van der Waals surface area contributed by atoms with Crippen molar-refractivity contribution in [1.82, 2.24) is 4.90 Å². The van der Waals surface area contributed by atoms with E-state index in [9.17, 15) is 27.6 Å². The summed E-state index contributed by atoms with van der Waals surface area (Å²) in [5, 5.41) is -0.556. The maximum atomic E-state index is 12.6. The number of ether oxygens (including phenoxy) is 1. The molecule has 0 spiro atoms. The Hall–Kier alpha value is -3.01. The van der Waals surface area contributed by atoms with Crippen LogP contribution >= 0.6 is 11.8 Å². The van der Waals surface area contributed by atoms with Gasteiger partial charge in [0.2, 0.25) is 5.76 Å². The standard InChI is InChI=1S/C18H12F3NO5S/c1-26-16(24)13-7-6-12(27-13)9-22-15(23)14(28-17(22)25)8-10-2-4-11(5-3-10)18(19,20)21/h2-8H,9H2,1H3. The maximum absolute atomic E-state index is 12.6. The normalized spacial score (nSPS) is 16.1. The van der Waals surface area contributed by atoms with E-state index in [1.165, 1.54) is 37.5 Å². The third-order valence-corrected chi connectivity index (χ3v) is 4.68. The van der Waals surface area contributed by atoms with Crippen LogP contribution in [0.3, 0.4) is 0 Å². The molecule has 6 nitrogen and oxygen atoms in total. The number of hydrogen-bond donors (Lipinski definition) is 0. The molecule has 1 fully saturated rings. The summed E-state index contributed by atoms with van der Waals surface area (Å²) < 4.78 is 47.6. The number of rotatable bonds is 4. The Morgan fingerprint density at radius 3 is 2.46 bits per heavy atom. The van der Waals surface area contributed by atoms with Crippen molar-refractivity contribution in [3.8, 4) is 0 Å². The van der Waals surface area contributed by atoms with Crippen LogP contribution in [0.15, 0.2) is 45.7 Å². The van der Waals surface area contributed by atoms with E-state index in [4.69, 9.17) is 4.42 Å². The molecule has 1 aliphatic heterocycles. The number of methoxy groups -OCH3 is 1. The molecular weight excluding hydrogens is 399 g/mol. The predicted octanol–water partition coefficient (Wildman–Crippen LogP) is 4.32. The quantitative estimate of drug-likeness (QED) is 0.551. The van der Waals surface area contributed by atoms with Crippen LogP contribution in [0.1, 0.15) is 27.4 Å². The van der Waals surface area contributed by atoms with Crippen LogP contribution in [0.25, 0.3) is 6.08 Å². The number of alkyl halides is 3. The van der Waals surface area contributed by atoms with Crippen LogP contribution in [0.4, 0.5) is 18.0 Å². The zero-order valence-corrected chi connectivity index (χ0v) is 15.1. The van der Waals surface area contributed by atoms with E-state index in [1.54, 1.807) is 0 Å². The summed E-state index contributed by atoms with van der Waals surface area (Å²) in [7, 11) is 1.19. The second-order valence-electron chi connectivity index (χ2n) is 5.65. The molecule has 3 rings (SSSR count). The number of carbonyl (C=O) groups is 3. The van der Waals surface area contributed by atoms with Gasteiger partial charge in [0.05, 0.1) is 24.1 Å². The number of thioether (sulfide) groups is 1.